The summed E-state index contributed by atoms with van der Waals surface area (Å²) in [5, 5.41) is 0. The van der Waals surface area contributed by atoms with Crippen molar-refractivity contribution in [3.05, 3.63) is 33.3 Å². The van der Waals surface area contributed by atoms with Crippen LogP contribution in [0.5, 0.6) is 0 Å². The first-order chi connectivity index (χ1) is 7.08. The van der Waals surface area contributed by atoms with Gasteiger partial charge in [0.1, 0.15) is 6.29 Å². The van der Waals surface area contributed by atoms with E-state index in [0.29, 0.717) is 5.56 Å². The Kier molecular flexibility index (Phi) is 4.03. The van der Waals surface area contributed by atoms with Gasteiger partial charge in [0, 0.05) is 10.0 Å². The molecule has 0 heterocycles. The number of rotatable bonds is 3. The average Bonchev–Trinajstić information content (AvgIpc) is 2.24. The van der Waals surface area contributed by atoms with E-state index < -0.39 is 0 Å². The predicted octanol–water partition coefficient (Wildman–Crippen LogP) is 2.29. The van der Waals surface area contributed by atoms with E-state index in [1.807, 2.05) is 6.92 Å². The highest BCUT2D eigenvalue weighted by atomic mass is 79.9. The Morgan fingerprint density at radius 1 is 1.53 bits per heavy atom. The maximum absolute atomic E-state index is 11.1. The van der Waals surface area contributed by atoms with Gasteiger partial charge < -0.3 is 4.74 Å². The highest BCUT2D eigenvalue weighted by Gasteiger charge is 2.09. The maximum Gasteiger partial charge on any atom is 0.309 e. The molecule has 0 fully saturated rings. The Labute approximate surface area is 96.6 Å². The first kappa shape index (κ1) is 11.9. The lowest BCUT2D eigenvalue weighted by atomic mass is 10.0. The molecule has 0 radical (unpaired) electrons. The van der Waals surface area contributed by atoms with Crippen molar-refractivity contribution in [2.75, 3.05) is 7.11 Å². The van der Waals surface area contributed by atoms with Crippen molar-refractivity contribution in [3.63, 3.8) is 0 Å². The Morgan fingerprint density at radius 2 is 2.20 bits per heavy atom. The van der Waals surface area contributed by atoms with Crippen molar-refractivity contribution in [1.82, 2.24) is 0 Å². The van der Waals surface area contributed by atoms with E-state index in [2.05, 4.69) is 20.7 Å². The zero-order valence-corrected chi connectivity index (χ0v) is 10.1. The molecule has 15 heavy (non-hydrogen) atoms. The quantitative estimate of drug-likeness (QED) is 0.625. The van der Waals surface area contributed by atoms with Gasteiger partial charge in [0.2, 0.25) is 0 Å². The van der Waals surface area contributed by atoms with E-state index in [1.54, 1.807) is 12.1 Å². The minimum Gasteiger partial charge on any atom is -0.469 e. The summed E-state index contributed by atoms with van der Waals surface area (Å²) < 4.78 is 5.40. The molecule has 0 amide bonds. The van der Waals surface area contributed by atoms with E-state index in [-0.39, 0.29) is 12.4 Å². The zero-order valence-electron chi connectivity index (χ0n) is 8.54. The number of esters is 1. The number of carbonyl (C=O) groups is 2. The Hall–Kier alpha value is -1.16. The van der Waals surface area contributed by atoms with Gasteiger partial charge in [-0.3, -0.25) is 9.59 Å². The van der Waals surface area contributed by atoms with Gasteiger partial charge in [-0.15, -0.1) is 0 Å². The molecule has 4 heteroatoms. The lowest BCUT2D eigenvalue weighted by Gasteiger charge is -2.07. The summed E-state index contributed by atoms with van der Waals surface area (Å²) in [6.45, 7) is 1.89. The molecule has 1 aromatic carbocycles. The smallest absolute Gasteiger partial charge is 0.309 e. The largest absolute Gasteiger partial charge is 0.469 e. The number of hydrogen-bond acceptors (Lipinski definition) is 3. The Bertz CT molecular complexity index is 399. The second kappa shape index (κ2) is 5.07. The van der Waals surface area contributed by atoms with Crippen molar-refractivity contribution in [1.29, 1.82) is 0 Å². The van der Waals surface area contributed by atoms with Crippen LogP contribution in [-0.2, 0) is 16.0 Å². The minimum atomic E-state index is -0.312. The van der Waals surface area contributed by atoms with E-state index in [0.717, 1.165) is 21.9 Å². The predicted molar refractivity (Wildman–Crippen MR) is 60.0 cm³/mol. The molecule has 0 spiro atoms. The third kappa shape index (κ3) is 2.89. The van der Waals surface area contributed by atoms with E-state index in [9.17, 15) is 9.59 Å². The van der Waals surface area contributed by atoms with Crippen molar-refractivity contribution in [2.45, 2.75) is 13.3 Å². The van der Waals surface area contributed by atoms with Gasteiger partial charge in [-0.2, -0.15) is 0 Å². The van der Waals surface area contributed by atoms with Crippen LogP contribution in [0, 0.1) is 6.92 Å². The average molecular weight is 271 g/mol. The number of halogens is 1. The molecule has 0 aliphatic heterocycles. The van der Waals surface area contributed by atoms with Crippen LogP contribution in [-0.4, -0.2) is 19.4 Å². The summed E-state index contributed by atoms with van der Waals surface area (Å²) in [4.78, 5) is 21.8. The molecule has 0 saturated heterocycles. The number of aldehydes is 1. The van der Waals surface area contributed by atoms with Gasteiger partial charge in [0.25, 0.3) is 0 Å². The lowest BCUT2D eigenvalue weighted by Crippen LogP contribution is -2.06. The SMILES string of the molecule is COC(=O)Cc1cc(C=O)cc(Br)c1C. The molecule has 1 rings (SSSR count). The van der Waals surface area contributed by atoms with Crippen molar-refractivity contribution < 1.29 is 14.3 Å². The molecule has 0 saturated carbocycles. The van der Waals surface area contributed by atoms with Crippen molar-refractivity contribution >= 4 is 28.2 Å². The van der Waals surface area contributed by atoms with Crippen molar-refractivity contribution in [2.24, 2.45) is 0 Å². The van der Waals surface area contributed by atoms with E-state index >= 15 is 0 Å². The monoisotopic (exact) mass is 270 g/mol. The van der Waals surface area contributed by atoms with Gasteiger partial charge in [-0.25, -0.2) is 0 Å². The van der Waals surface area contributed by atoms with Crippen molar-refractivity contribution in [3.8, 4) is 0 Å². The summed E-state index contributed by atoms with van der Waals surface area (Å²) in [6, 6.07) is 3.42. The zero-order chi connectivity index (χ0) is 11.4. The number of ether oxygens (including phenoxy) is 1. The lowest BCUT2D eigenvalue weighted by molar-refractivity contribution is -0.139. The van der Waals surface area contributed by atoms with Gasteiger partial charge >= 0.3 is 5.97 Å². The second-order valence-corrected chi connectivity index (χ2v) is 4.01. The summed E-state index contributed by atoms with van der Waals surface area (Å²) in [5.74, 6) is -0.312. The Balaban J connectivity index is 3.10. The fourth-order valence-corrected chi connectivity index (χ4v) is 1.76. The summed E-state index contributed by atoms with van der Waals surface area (Å²) in [7, 11) is 1.34. The van der Waals surface area contributed by atoms with Crippen LogP contribution < -0.4 is 0 Å². The molecule has 0 atom stereocenters. The number of benzene rings is 1. The first-order valence-electron chi connectivity index (χ1n) is 4.39. The molecule has 0 N–H and O–H groups in total. The second-order valence-electron chi connectivity index (χ2n) is 3.16. The molecular formula is C11H11BrO3. The molecule has 0 aliphatic carbocycles. The van der Waals surface area contributed by atoms with Crippen LogP contribution in [0.25, 0.3) is 0 Å². The first-order valence-corrected chi connectivity index (χ1v) is 5.18. The standard InChI is InChI=1S/C11H11BrO3/c1-7-9(5-11(14)15-2)3-8(6-13)4-10(7)12/h3-4,6H,5H2,1-2H3. The third-order valence-electron chi connectivity index (χ3n) is 2.17. The molecule has 0 unspecified atom stereocenters. The Morgan fingerprint density at radius 3 is 2.73 bits per heavy atom. The maximum atomic E-state index is 11.1. The highest BCUT2D eigenvalue weighted by molar-refractivity contribution is 9.10. The molecule has 0 bridgehead atoms. The van der Waals surface area contributed by atoms with E-state index in [4.69, 9.17) is 0 Å². The molecular weight excluding hydrogens is 260 g/mol. The molecule has 3 nitrogen and oxygen atoms in total. The molecule has 80 valence electrons. The molecule has 0 aliphatic rings. The van der Waals surface area contributed by atoms with Gasteiger partial charge in [-0.05, 0) is 30.2 Å². The minimum absolute atomic E-state index is 0.183. The van der Waals surface area contributed by atoms with Crippen LogP contribution >= 0.6 is 15.9 Å². The fourth-order valence-electron chi connectivity index (χ4n) is 1.24. The summed E-state index contributed by atoms with van der Waals surface area (Å²) in [5.41, 5.74) is 2.30. The van der Waals surface area contributed by atoms with Crippen LogP contribution in [0.2, 0.25) is 0 Å². The van der Waals surface area contributed by atoms with Crippen LogP contribution in [0.15, 0.2) is 16.6 Å². The molecule has 0 aromatic heterocycles. The molecule has 1 aromatic rings. The van der Waals surface area contributed by atoms with E-state index in [1.165, 1.54) is 7.11 Å². The highest BCUT2D eigenvalue weighted by Crippen LogP contribution is 2.22. The van der Waals surface area contributed by atoms with Gasteiger partial charge in [0.15, 0.2) is 0 Å². The number of carbonyl (C=O) groups excluding carboxylic acids is 2. The topological polar surface area (TPSA) is 43.4 Å². The van der Waals surface area contributed by atoms with Gasteiger partial charge in [0.05, 0.1) is 13.5 Å². The normalized spacial score (nSPS) is 9.80. The van der Waals surface area contributed by atoms with Crippen LogP contribution in [0.3, 0.4) is 0 Å². The summed E-state index contributed by atoms with van der Waals surface area (Å²) >= 11 is 3.34. The van der Waals surface area contributed by atoms with Crippen LogP contribution in [0.4, 0.5) is 0 Å². The summed E-state index contributed by atoms with van der Waals surface area (Å²) in [6.07, 6.45) is 0.938. The number of methoxy groups -OCH3 is 1. The fraction of sp³-hybridized carbons (Fsp3) is 0.273. The van der Waals surface area contributed by atoms with Crippen LogP contribution in [0.1, 0.15) is 21.5 Å². The number of hydrogen-bond donors (Lipinski definition) is 0. The van der Waals surface area contributed by atoms with Gasteiger partial charge in [-0.1, -0.05) is 15.9 Å². The third-order valence-corrected chi connectivity index (χ3v) is 3.00.